The van der Waals surface area contributed by atoms with Crippen molar-refractivity contribution in [1.29, 1.82) is 0 Å². The second-order valence-corrected chi connectivity index (χ2v) is 6.52. The van der Waals surface area contributed by atoms with Gasteiger partial charge < -0.3 is 10.4 Å². The summed E-state index contributed by atoms with van der Waals surface area (Å²) in [4.78, 5) is 22.0. The monoisotopic (exact) mass is 369 g/mol. The standard InChI is InChI=1S/C23H19N3O2/c1-15(18-12-7-8-14-24-18)25-23(28)20-17-11-5-6-13-19(17)26-21(22(20)27)16-9-3-2-4-10-16/h2-15,27H,1H3,(H,25,28). The zero-order valence-electron chi connectivity index (χ0n) is 15.3. The summed E-state index contributed by atoms with van der Waals surface area (Å²) in [6.45, 7) is 1.86. The highest BCUT2D eigenvalue weighted by molar-refractivity contribution is 6.10. The third-order valence-electron chi connectivity index (χ3n) is 4.62. The molecule has 5 nitrogen and oxygen atoms in total. The molecule has 2 aromatic carbocycles. The summed E-state index contributed by atoms with van der Waals surface area (Å²) >= 11 is 0. The predicted molar refractivity (Wildman–Crippen MR) is 109 cm³/mol. The first-order valence-electron chi connectivity index (χ1n) is 9.04. The van der Waals surface area contributed by atoms with Gasteiger partial charge in [-0.15, -0.1) is 0 Å². The Morgan fingerprint density at radius 1 is 0.964 bits per heavy atom. The summed E-state index contributed by atoms with van der Waals surface area (Å²) in [5.74, 6) is -0.498. The molecule has 0 fully saturated rings. The minimum Gasteiger partial charge on any atom is -0.505 e. The van der Waals surface area contributed by atoms with Gasteiger partial charge in [-0.1, -0.05) is 54.6 Å². The molecule has 1 atom stereocenters. The molecule has 28 heavy (non-hydrogen) atoms. The topological polar surface area (TPSA) is 75.1 Å². The van der Waals surface area contributed by atoms with E-state index in [9.17, 15) is 9.90 Å². The van der Waals surface area contributed by atoms with Crippen molar-refractivity contribution < 1.29 is 9.90 Å². The van der Waals surface area contributed by atoms with Gasteiger partial charge in [-0.05, 0) is 25.1 Å². The largest absolute Gasteiger partial charge is 0.505 e. The molecule has 4 rings (SSSR count). The number of carbonyl (C=O) groups is 1. The molecule has 0 aliphatic heterocycles. The van der Waals surface area contributed by atoms with Crippen molar-refractivity contribution in [2.45, 2.75) is 13.0 Å². The van der Waals surface area contributed by atoms with Crippen LogP contribution < -0.4 is 5.32 Å². The molecule has 2 heterocycles. The number of nitrogens with zero attached hydrogens (tertiary/aromatic N) is 2. The Kier molecular flexibility index (Phi) is 4.72. The number of nitrogens with one attached hydrogen (secondary N) is 1. The molecule has 5 heteroatoms. The number of carbonyl (C=O) groups excluding carboxylic acids is 1. The van der Waals surface area contributed by atoms with E-state index >= 15 is 0 Å². The fraction of sp³-hybridized carbons (Fsp3) is 0.0870. The maximum absolute atomic E-state index is 13.1. The highest BCUT2D eigenvalue weighted by atomic mass is 16.3. The number of rotatable bonds is 4. The fourth-order valence-corrected chi connectivity index (χ4v) is 3.20. The van der Waals surface area contributed by atoms with Gasteiger partial charge in [0.1, 0.15) is 5.69 Å². The first-order valence-corrected chi connectivity index (χ1v) is 9.04. The number of amides is 1. The van der Waals surface area contributed by atoms with E-state index in [-0.39, 0.29) is 23.3 Å². The third-order valence-corrected chi connectivity index (χ3v) is 4.62. The molecule has 2 N–H and O–H groups in total. The lowest BCUT2D eigenvalue weighted by atomic mass is 10.0. The molecule has 4 aromatic rings. The van der Waals surface area contributed by atoms with Gasteiger partial charge in [-0.2, -0.15) is 0 Å². The zero-order chi connectivity index (χ0) is 19.5. The van der Waals surface area contributed by atoms with Gasteiger partial charge >= 0.3 is 0 Å². The summed E-state index contributed by atoms with van der Waals surface area (Å²) in [6.07, 6.45) is 1.69. The lowest BCUT2D eigenvalue weighted by molar-refractivity contribution is 0.0938. The molecule has 0 saturated carbocycles. The number of aromatic hydroxyl groups is 1. The van der Waals surface area contributed by atoms with E-state index in [4.69, 9.17) is 0 Å². The molecule has 0 aliphatic carbocycles. The number of aromatic nitrogens is 2. The van der Waals surface area contributed by atoms with Crippen molar-refractivity contribution in [2.24, 2.45) is 0 Å². The van der Waals surface area contributed by atoms with Crippen LogP contribution in [0.4, 0.5) is 0 Å². The maximum Gasteiger partial charge on any atom is 0.256 e. The Morgan fingerprint density at radius 2 is 1.68 bits per heavy atom. The van der Waals surface area contributed by atoms with Crippen LogP contribution in [-0.4, -0.2) is 21.0 Å². The molecular weight excluding hydrogens is 350 g/mol. The van der Waals surface area contributed by atoms with Crippen LogP contribution in [0.3, 0.4) is 0 Å². The Bertz CT molecular complexity index is 1130. The van der Waals surface area contributed by atoms with Crippen LogP contribution in [-0.2, 0) is 0 Å². The number of hydrogen-bond donors (Lipinski definition) is 2. The van der Waals surface area contributed by atoms with Gasteiger partial charge in [0.25, 0.3) is 5.91 Å². The van der Waals surface area contributed by atoms with Gasteiger partial charge in [0, 0.05) is 17.1 Å². The Labute approximate surface area is 162 Å². The van der Waals surface area contributed by atoms with Crippen molar-refractivity contribution in [3.8, 4) is 17.0 Å². The Morgan fingerprint density at radius 3 is 2.43 bits per heavy atom. The minimum atomic E-state index is -0.369. The molecule has 0 spiro atoms. The lowest BCUT2D eigenvalue weighted by Gasteiger charge is -2.16. The van der Waals surface area contributed by atoms with E-state index in [0.29, 0.717) is 16.6 Å². The van der Waals surface area contributed by atoms with Crippen molar-refractivity contribution in [3.05, 3.63) is 90.3 Å². The van der Waals surface area contributed by atoms with Crippen LogP contribution in [0.2, 0.25) is 0 Å². The highest BCUT2D eigenvalue weighted by Gasteiger charge is 2.22. The minimum absolute atomic E-state index is 0.129. The van der Waals surface area contributed by atoms with Crippen molar-refractivity contribution in [1.82, 2.24) is 15.3 Å². The van der Waals surface area contributed by atoms with Gasteiger partial charge in [0.15, 0.2) is 5.75 Å². The van der Waals surface area contributed by atoms with E-state index < -0.39 is 0 Å². The first kappa shape index (κ1) is 17.7. The van der Waals surface area contributed by atoms with E-state index in [1.807, 2.05) is 73.7 Å². The molecule has 1 amide bonds. The van der Waals surface area contributed by atoms with E-state index in [2.05, 4.69) is 15.3 Å². The van der Waals surface area contributed by atoms with Crippen LogP contribution in [0.25, 0.3) is 22.2 Å². The van der Waals surface area contributed by atoms with Gasteiger partial charge in [0.05, 0.1) is 22.8 Å². The number of fused-ring (bicyclic) bond motifs is 1. The van der Waals surface area contributed by atoms with E-state index in [1.165, 1.54) is 0 Å². The Balaban J connectivity index is 1.81. The maximum atomic E-state index is 13.1. The first-order chi connectivity index (χ1) is 13.6. The van der Waals surface area contributed by atoms with Crippen LogP contribution in [0.1, 0.15) is 29.0 Å². The van der Waals surface area contributed by atoms with Crippen LogP contribution in [0.5, 0.6) is 5.75 Å². The quantitative estimate of drug-likeness (QED) is 0.556. The summed E-state index contributed by atoms with van der Waals surface area (Å²) in [5, 5.41) is 14.5. The molecule has 0 bridgehead atoms. The van der Waals surface area contributed by atoms with E-state index in [1.54, 1.807) is 12.3 Å². The van der Waals surface area contributed by atoms with E-state index in [0.717, 1.165) is 11.3 Å². The average molecular weight is 369 g/mol. The molecule has 138 valence electrons. The summed E-state index contributed by atoms with van der Waals surface area (Å²) < 4.78 is 0. The molecule has 0 saturated heterocycles. The summed E-state index contributed by atoms with van der Waals surface area (Å²) in [5.41, 5.74) is 2.74. The van der Waals surface area contributed by atoms with Crippen molar-refractivity contribution >= 4 is 16.8 Å². The van der Waals surface area contributed by atoms with Gasteiger partial charge in [-0.25, -0.2) is 4.98 Å². The second kappa shape index (κ2) is 7.48. The average Bonchev–Trinajstić information content (AvgIpc) is 2.74. The van der Waals surface area contributed by atoms with Crippen LogP contribution in [0.15, 0.2) is 79.0 Å². The summed E-state index contributed by atoms with van der Waals surface area (Å²) in [7, 11) is 0. The Hall–Kier alpha value is -3.73. The third kappa shape index (κ3) is 3.30. The SMILES string of the molecule is CC(NC(=O)c1c(O)c(-c2ccccc2)nc2ccccc12)c1ccccn1. The predicted octanol–water partition coefficient (Wildman–Crippen LogP) is 4.49. The zero-order valence-corrected chi connectivity index (χ0v) is 15.3. The van der Waals surface area contributed by atoms with Gasteiger partial charge in [0.2, 0.25) is 0 Å². The van der Waals surface area contributed by atoms with Crippen LogP contribution in [0, 0.1) is 0 Å². The number of benzene rings is 2. The smallest absolute Gasteiger partial charge is 0.256 e. The lowest BCUT2D eigenvalue weighted by Crippen LogP contribution is -2.27. The van der Waals surface area contributed by atoms with Crippen molar-refractivity contribution in [2.75, 3.05) is 0 Å². The molecular formula is C23H19N3O2. The molecule has 1 unspecified atom stereocenters. The van der Waals surface area contributed by atoms with Crippen molar-refractivity contribution in [3.63, 3.8) is 0 Å². The number of pyridine rings is 2. The van der Waals surface area contributed by atoms with Gasteiger partial charge in [-0.3, -0.25) is 9.78 Å². The normalized spacial score (nSPS) is 11.9. The molecule has 2 aromatic heterocycles. The summed E-state index contributed by atoms with van der Waals surface area (Å²) in [6, 6.07) is 21.9. The number of para-hydroxylation sites is 1. The number of hydrogen-bond acceptors (Lipinski definition) is 4. The second-order valence-electron chi connectivity index (χ2n) is 6.52. The fourth-order valence-electron chi connectivity index (χ4n) is 3.20. The molecule has 0 radical (unpaired) electrons. The highest BCUT2D eigenvalue weighted by Crippen LogP contribution is 2.35. The van der Waals surface area contributed by atoms with Crippen LogP contribution >= 0.6 is 0 Å². The molecule has 0 aliphatic rings.